The summed E-state index contributed by atoms with van der Waals surface area (Å²) in [5, 5.41) is 9.08. The van der Waals surface area contributed by atoms with Gasteiger partial charge in [0.05, 0.1) is 18.6 Å². The van der Waals surface area contributed by atoms with Crippen molar-refractivity contribution in [3.05, 3.63) is 23.5 Å². The van der Waals surface area contributed by atoms with Crippen LogP contribution in [0, 0.1) is 0 Å². The quantitative estimate of drug-likeness (QED) is 0.841. The van der Waals surface area contributed by atoms with Crippen LogP contribution >= 0.6 is 0 Å². The highest BCUT2D eigenvalue weighted by Crippen LogP contribution is 2.31. The third-order valence-electron chi connectivity index (χ3n) is 3.81. The average Bonchev–Trinajstić information content (AvgIpc) is 2.83. The minimum absolute atomic E-state index is 0.141. The second kappa shape index (κ2) is 6.59. The summed E-state index contributed by atoms with van der Waals surface area (Å²) < 4.78 is 6.98. The maximum absolute atomic E-state index is 11.9. The highest BCUT2D eigenvalue weighted by molar-refractivity contribution is 5.92. The molecule has 0 amide bonds. The summed E-state index contributed by atoms with van der Waals surface area (Å²) in [5.74, 6) is -1.36. The van der Waals surface area contributed by atoms with Crippen molar-refractivity contribution in [2.24, 2.45) is 0 Å². The largest absolute Gasteiger partial charge is 0.481 e. The number of carbonyl (C=O) groups is 2. The first-order chi connectivity index (χ1) is 9.63. The third kappa shape index (κ3) is 3.21. The number of esters is 1. The summed E-state index contributed by atoms with van der Waals surface area (Å²) in [5.41, 5.74) is 0.961. The molecule has 0 spiro atoms. The fourth-order valence-corrected chi connectivity index (χ4v) is 2.91. The van der Waals surface area contributed by atoms with Crippen LogP contribution in [0.5, 0.6) is 0 Å². The number of rotatable bonds is 5. The molecule has 0 radical (unpaired) electrons. The number of carboxylic acids is 1. The number of carboxylic acid groups (broad SMARTS) is 1. The monoisotopic (exact) mass is 279 g/mol. The number of ether oxygens (including phenoxy) is 1. The van der Waals surface area contributed by atoms with Crippen LogP contribution < -0.4 is 0 Å². The Hall–Kier alpha value is -1.78. The fourth-order valence-electron chi connectivity index (χ4n) is 2.91. The van der Waals surface area contributed by atoms with Gasteiger partial charge in [-0.25, -0.2) is 4.79 Å². The van der Waals surface area contributed by atoms with E-state index in [4.69, 9.17) is 9.84 Å². The van der Waals surface area contributed by atoms with E-state index in [0.717, 1.165) is 25.7 Å². The summed E-state index contributed by atoms with van der Waals surface area (Å²) in [7, 11) is 0. The van der Waals surface area contributed by atoms with Gasteiger partial charge < -0.3 is 14.4 Å². The second-order valence-corrected chi connectivity index (χ2v) is 5.17. The zero-order valence-corrected chi connectivity index (χ0v) is 11.8. The standard InChI is InChI=1S/C15H21NO4/c1-2-20-15(19)12-8-9-16(13(12)10-14(17)18)11-6-4-3-5-7-11/h8-9,11H,2-7,10H2,1H3,(H,17,18). The summed E-state index contributed by atoms with van der Waals surface area (Å²) in [6.45, 7) is 2.03. The van der Waals surface area contributed by atoms with Crippen molar-refractivity contribution in [3.8, 4) is 0 Å². The van der Waals surface area contributed by atoms with Crippen LogP contribution in [-0.4, -0.2) is 28.2 Å². The lowest BCUT2D eigenvalue weighted by Gasteiger charge is -2.25. The molecule has 1 aliphatic rings. The Labute approximate surface area is 118 Å². The zero-order chi connectivity index (χ0) is 14.5. The SMILES string of the molecule is CCOC(=O)c1ccn(C2CCCCC2)c1CC(=O)O. The van der Waals surface area contributed by atoms with Crippen LogP contribution in [0.15, 0.2) is 12.3 Å². The van der Waals surface area contributed by atoms with Crippen LogP contribution in [0.25, 0.3) is 0 Å². The lowest BCUT2D eigenvalue weighted by atomic mass is 9.95. The molecule has 1 heterocycles. The predicted octanol–water partition coefficient (Wildman–Crippen LogP) is 2.80. The number of nitrogens with zero attached hydrogens (tertiary/aromatic N) is 1. The molecule has 1 aromatic rings. The van der Waals surface area contributed by atoms with E-state index in [0.29, 0.717) is 23.9 Å². The molecular formula is C15H21NO4. The van der Waals surface area contributed by atoms with Crippen LogP contribution in [0.1, 0.15) is 61.1 Å². The van der Waals surface area contributed by atoms with Gasteiger partial charge in [0.25, 0.3) is 0 Å². The molecule has 0 saturated heterocycles. The van der Waals surface area contributed by atoms with E-state index < -0.39 is 11.9 Å². The van der Waals surface area contributed by atoms with Crippen LogP contribution in [-0.2, 0) is 16.0 Å². The minimum Gasteiger partial charge on any atom is -0.481 e. The number of hydrogen-bond acceptors (Lipinski definition) is 3. The fraction of sp³-hybridized carbons (Fsp3) is 0.600. The van der Waals surface area contributed by atoms with Crippen molar-refractivity contribution in [1.29, 1.82) is 0 Å². The first-order valence-electron chi connectivity index (χ1n) is 7.22. The Bertz CT molecular complexity index is 486. The van der Waals surface area contributed by atoms with Gasteiger partial charge in [-0.3, -0.25) is 4.79 Å². The highest BCUT2D eigenvalue weighted by Gasteiger charge is 2.24. The van der Waals surface area contributed by atoms with Gasteiger partial charge in [0.15, 0.2) is 0 Å². The smallest absolute Gasteiger partial charge is 0.339 e. The van der Waals surface area contributed by atoms with Crippen LogP contribution in [0.2, 0.25) is 0 Å². The molecule has 2 rings (SSSR count). The number of aromatic nitrogens is 1. The molecule has 1 fully saturated rings. The van der Waals surface area contributed by atoms with Gasteiger partial charge in [0.1, 0.15) is 0 Å². The molecule has 0 bridgehead atoms. The molecule has 1 aliphatic carbocycles. The van der Waals surface area contributed by atoms with E-state index in [9.17, 15) is 9.59 Å². The molecule has 1 saturated carbocycles. The molecule has 1 N–H and O–H groups in total. The summed E-state index contributed by atoms with van der Waals surface area (Å²) in [6.07, 6.45) is 7.33. The predicted molar refractivity (Wildman–Crippen MR) is 73.9 cm³/mol. The Morgan fingerprint density at radius 1 is 1.35 bits per heavy atom. The Balaban J connectivity index is 2.30. The van der Waals surface area contributed by atoms with Crippen molar-refractivity contribution in [3.63, 3.8) is 0 Å². The maximum Gasteiger partial charge on any atom is 0.339 e. The van der Waals surface area contributed by atoms with Crippen molar-refractivity contribution in [2.75, 3.05) is 6.61 Å². The van der Waals surface area contributed by atoms with Gasteiger partial charge >= 0.3 is 11.9 Å². The van der Waals surface area contributed by atoms with Gasteiger partial charge in [0.2, 0.25) is 0 Å². The van der Waals surface area contributed by atoms with Crippen molar-refractivity contribution < 1.29 is 19.4 Å². The third-order valence-corrected chi connectivity index (χ3v) is 3.81. The lowest BCUT2D eigenvalue weighted by molar-refractivity contribution is -0.136. The normalized spacial score (nSPS) is 16.1. The van der Waals surface area contributed by atoms with E-state index in [2.05, 4.69) is 0 Å². The first kappa shape index (κ1) is 14.6. The van der Waals surface area contributed by atoms with Crippen LogP contribution in [0.3, 0.4) is 0 Å². The topological polar surface area (TPSA) is 68.5 Å². The minimum atomic E-state index is -0.925. The summed E-state index contributed by atoms with van der Waals surface area (Å²) in [4.78, 5) is 23.0. The van der Waals surface area contributed by atoms with E-state index >= 15 is 0 Å². The Kier molecular flexibility index (Phi) is 4.82. The molecule has 0 atom stereocenters. The molecule has 20 heavy (non-hydrogen) atoms. The maximum atomic E-state index is 11.9. The molecule has 1 aromatic heterocycles. The lowest BCUT2D eigenvalue weighted by Crippen LogP contribution is -2.18. The van der Waals surface area contributed by atoms with E-state index in [1.807, 2.05) is 10.8 Å². The van der Waals surface area contributed by atoms with E-state index in [1.165, 1.54) is 6.42 Å². The molecule has 0 aliphatic heterocycles. The van der Waals surface area contributed by atoms with Crippen molar-refractivity contribution in [1.82, 2.24) is 4.57 Å². The second-order valence-electron chi connectivity index (χ2n) is 5.17. The summed E-state index contributed by atoms with van der Waals surface area (Å²) in [6, 6.07) is 1.99. The molecule has 0 unspecified atom stereocenters. The van der Waals surface area contributed by atoms with E-state index in [-0.39, 0.29) is 6.42 Å². The molecular weight excluding hydrogens is 258 g/mol. The summed E-state index contributed by atoms with van der Waals surface area (Å²) >= 11 is 0. The molecule has 5 heteroatoms. The van der Waals surface area contributed by atoms with Crippen LogP contribution in [0.4, 0.5) is 0 Å². The van der Waals surface area contributed by atoms with Crippen molar-refractivity contribution in [2.45, 2.75) is 51.5 Å². The molecule has 110 valence electrons. The van der Waals surface area contributed by atoms with Gasteiger partial charge in [-0.2, -0.15) is 0 Å². The van der Waals surface area contributed by atoms with E-state index in [1.54, 1.807) is 13.0 Å². The number of aliphatic carboxylic acids is 1. The van der Waals surface area contributed by atoms with Crippen molar-refractivity contribution >= 4 is 11.9 Å². The number of hydrogen-bond donors (Lipinski definition) is 1. The first-order valence-corrected chi connectivity index (χ1v) is 7.22. The van der Waals surface area contributed by atoms with Gasteiger partial charge in [-0.1, -0.05) is 19.3 Å². The average molecular weight is 279 g/mol. The highest BCUT2D eigenvalue weighted by atomic mass is 16.5. The van der Waals surface area contributed by atoms with Gasteiger partial charge in [0, 0.05) is 17.9 Å². The number of carbonyl (C=O) groups excluding carboxylic acids is 1. The Morgan fingerprint density at radius 2 is 2.05 bits per heavy atom. The van der Waals surface area contributed by atoms with Gasteiger partial charge in [-0.05, 0) is 25.8 Å². The molecule has 0 aromatic carbocycles. The Morgan fingerprint density at radius 3 is 2.65 bits per heavy atom. The zero-order valence-electron chi connectivity index (χ0n) is 11.8. The van der Waals surface area contributed by atoms with Gasteiger partial charge in [-0.15, -0.1) is 0 Å². The molecule has 5 nitrogen and oxygen atoms in total.